The van der Waals surface area contributed by atoms with E-state index in [4.69, 9.17) is 16.7 Å². The zero-order chi connectivity index (χ0) is 31.8. The smallest absolute Gasteiger partial charge is 0.262 e. The number of carbonyl (C=O) groups excluding carboxylic acids is 2. The summed E-state index contributed by atoms with van der Waals surface area (Å²) < 4.78 is 29.2. The number of halogens is 2. The van der Waals surface area contributed by atoms with Crippen LogP contribution in [0.5, 0.6) is 0 Å². The molecule has 228 valence electrons. The van der Waals surface area contributed by atoms with Crippen molar-refractivity contribution < 1.29 is 18.4 Å². The van der Waals surface area contributed by atoms with E-state index in [2.05, 4.69) is 16.4 Å². The fourth-order valence-electron chi connectivity index (χ4n) is 4.40. The maximum absolute atomic E-state index is 14.6. The van der Waals surface area contributed by atoms with Crippen LogP contribution < -0.4 is 21.7 Å². The third-order valence-electron chi connectivity index (χ3n) is 7.50. The van der Waals surface area contributed by atoms with E-state index in [0.717, 1.165) is 16.0 Å². The van der Waals surface area contributed by atoms with E-state index in [1.807, 2.05) is 50.4 Å². The number of nitrogens with two attached hydrogens (primary N) is 2. The highest BCUT2D eigenvalue weighted by atomic mass is 32.2. The van der Waals surface area contributed by atoms with Gasteiger partial charge in [-0.25, -0.2) is 13.8 Å². The number of anilines is 2. The Kier molecular flexibility index (Phi) is 11.2. The van der Waals surface area contributed by atoms with Gasteiger partial charge in [0.15, 0.2) is 0 Å². The molecule has 5 N–H and O–H groups in total. The number of rotatable bonds is 5. The third kappa shape index (κ3) is 8.52. The Balaban J connectivity index is 0.000000557. The molecule has 0 radical (unpaired) electrons. The predicted octanol–water partition coefficient (Wildman–Crippen LogP) is 6.13. The molecule has 1 unspecified atom stereocenters. The molecule has 4 rings (SSSR count). The van der Waals surface area contributed by atoms with Gasteiger partial charge in [-0.05, 0) is 74.4 Å². The van der Waals surface area contributed by atoms with Gasteiger partial charge in [0.1, 0.15) is 5.82 Å². The van der Waals surface area contributed by atoms with Gasteiger partial charge >= 0.3 is 0 Å². The molecule has 1 aliphatic rings. The summed E-state index contributed by atoms with van der Waals surface area (Å²) in [5.74, 6) is -3.30. The number of aromatic nitrogens is 1. The third-order valence-corrected chi connectivity index (χ3v) is 8.22. The van der Waals surface area contributed by atoms with Gasteiger partial charge in [-0.3, -0.25) is 9.59 Å². The number of nitrogens with zero attached hydrogens (tertiary/aromatic N) is 3. The highest BCUT2D eigenvalue weighted by molar-refractivity contribution is 7.98. The lowest BCUT2D eigenvalue weighted by Crippen LogP contribution is -2.48. The lowest BCUT2D eigenvalue weighted by Gasteiger charge is -2.27. The number of nitriles is 1. The van der Waals surface area contributed by atoms with Crippen LogP contribution in [-0.2, 0) is 4.79 Å². The molecule has 2 aromatic carbocycles. The van der Waals surface area contributed by atoms with E-state index < -0.39 is 23.8 Å². The van der Waals surface area contributed by atoms with Crippen molar-refractivity contribution in [1.29, 1.82) is 5.26 Å². The minimum absolute atomic E-state index is 0.107. The molecule has 2 amide bonds. The molecule has 0 fully saturated rings. The summed E-state index contributed by atoms with van der Waals surface area (Å²) in [4.78, 5) is 31.3. The van der Waals surface area contributed by atoms with E-state index in [9.17, 15) is 18.4 Å². The van der Waals surface area contributed by atoms with Gasteiger partial charge in [-0.1, -0.05) is 25.1 Å². The first-order valence-electron chi connectivity index (χ1n) is 14.0. The molecule has 1 aliphatic heterocycles. The second kappa shape index (κ2) is 14.4. The number of nitrogens with one attached hydrogen (secondary N) is 1. The van der Waals surface area contributed by atoms with Crippen LogP contribution in [-0.4, -0.2) is 47.6 Å². The van der Waals surface area contributed by atoms with Crippen molar-refractivity contribution in [2.45, 2.75) is 62.8 Å². The largest absolute Gasteiger partial charge is 0.369 e. The van der Waals surface area contributed by atoms with E-state index >= 15 is 0 Å². The molecule has 0 bridgehead atoms. The lowest BCUT2D eigenvalue weighted by atomic mass is 9.97. The SMILES string of the molecule is CCC(C)(N)C(N)=O.CSc1cccc(N2CCC(F)(F)CCCNc3ncc(-c4ccc(C#N)cc4)c(C)c3C2=O)c1. The van der Waals surface area contributed by atoms with Gasteiger partial charge in [0.25, 0.3) is 5.91 Å². The molecular weight excluding hydrogens is 570 g/mol. The second-order valence-corrected chi connectivity index (χ2v) is 11.5. The topological polar surface area (TPSA) is 138 Å². The summed E-state index contributed by atoms with van der Waals surface area (Å²) in [5.41, 5.74) is 13.2. The molecule has 0 saturated carbocycles. The Morgan fingerprint density at radius 2 is 1.93 bits per heavy atom. The number of fused-ring (bicyclic) bond motifs is 1. The summed E-state index contributed by atoms with van der Waals surface area (Å²) in [6, 6.07) is 16.5. The van der Waals surface area contributed by atoms with Crippen molar-refractivity contribution in [3.05, 3.63) is 71.4 Å². The molecule has 1 aromatic heterocycles. The summed E-state index contributed by atoms with van der Waals surface area (Å²) in [6.45, 7) is 5.47. The minimum Gasteiger partial charge on any atom is -0.369 e. The van der Waals surface area contributed by atoms with E-state index in [0.29, 0.717) is 41.2 Å². The van der Waals surface area contributed by atoms with Crippen LogP contribution in [0.1, 0.15) is 61.0 Å². The van der Waals surface area contributed by atoms with E-state index in [1.54, 1.807) is 31.3 Å². The normalized spacial score (nSPS) is 16.2. The van der Waals surface area contributed by atoms with Crippen molar-refractivity contribution in [3.8, 4) is 17.2 Å². The van der Waals surface area contributed by atoms with Gasteiger partial charge in [0, 0.05) is 48.3 Å². The highest BCUT2D eigenvalue weighted by Gasteiger charge is 2.33. The maximum Gasteiger partial charge on any atom is 0.262 e. The van der Waals surface area contributed by atoms with Crippen LogP contribution in [0.2, 0.25) is 0 Å². The number of benzene rings is 2. The minimum atomic E-state index is -2.87. The fraction of sp³-hybridized carbons (Fsp3) is 0.375. The van der Waals surface area contributed by atoms with Crippen LogP contribution in [0.25, 0.3) is 11.1 Å². The number of hydrogen-bond donors (Lipinski definition) is 3. The fourth-order valence-corrected chi connectivity index (χ4v) is 4.86. The van der Waals surface area contributed by atoms with Crippen molar-refractivity contribution >= 4 is 35.1 Å². The molecule has 0 saturated heterocycles. The van der Waals surface area contributed by atoms with E-state index in [1.165, 1.54) is 16.7 Å². The average Bonchev–Trinajstić information content (AvgIpc) is 3.01. The number of hydrogen-bond acceptors (Lipinski definition) is 7. The van der Waals surface area contributed by atoms with Crippen LogP contribution in [0.4, 0.5) is 20.3 Å². The Morgan fingerprint density at radius 1 is 1.23 bits per heavy atom. The first-order chi connectivity index (χ1) is 20.3. The first-order valence-corrected chi connectivity index (χ1v) is 15.2. The second-order valence-electron chi connectivity index (χ2n) is 10.6. The van der Waals surface area contributed by atoms with Crippen LogP contribution in [0.3, 0.4) is 0 Å². The number of pyridine rings is 1. The van der Waals surface area contributed by atoms with Gasteiger partial charge < -0.3 is 21.7 Å². The molecule has 0 aliphatic carbocycles. The quantitative estimate of drug-likeness (QED) is 0.296. The van der Waals surface area contributed by atoms with Crippen LogP contribution in [0, 0.1) is 18.3 Å². The number of carbonyl (C=O) groups is 2. The summed E-state index contributed by atoms with van der Waals surface area (Å²) in [7, 11) is 0. The Bertz CT molecular complexity index is 1490. The zero-order valence-corrected chi connectivity index (χ0v) is 25.7. The van der Waals surface area contributed by atoms with Crippen LogP contribution in [0.15, 0.2) is 59.6 Å². The van der Waals surface area contributed by atoms with Crippen LogP contribution >= 0.6 is 11.8 Å². The number of primary amides is 1. The summed E-state index contributed by atoms with van der Waals surface area (Å²) in [5, 5.41) is 12.2. The Labute approximate surface area is 255 Å². The molecule has 8 nitrogen and oxygen atoms in total. The van der Waals surface area contributed by atoms with Gasteiger partial charge in [0.05, 0.1) is 22.7 Å². The maximum atomic E-state index is 14.6. The molecule has 3 aromatic rings. The summed E-state index contributed by atoms with van der Waals surface area (Å²) >= 11 is 1.53. The monoisotopic (exact) mass is 608 g/mol. The van der Waals surface area contributed by atoms with E-state index in [-0.39, 0.29) is 25.3 Å². The Hall–Kier alpha value is -4.01. The molecule has 11 heteroatoms. The van der Waals surface area contributed by atoms with Gasteiger partial charge in [-0.2, -0.15) is 5.26 Å². The average molecular weight is 609 g/mol. The highest BCUT2D eigenvalue weighted by Crippen LogP contribution is 2.34. The molecular formula is C32H38F2N6O2S. The van der Waals surface area contributed by atoms with Crippen molar-refractivity contribution in [2.24, 2.45) is 11.5 Å². The zero-order valence-electron chi connectivity index (χ0n) is 24.9. The molecule has 1 atom stereocenters. The van der Waals surface area contributed by atoms with Crippen molar-refractivity contribution in [1.82, 2.24) is 4.98 Å². The number of thioether (sulfide) groups is 1. The molecule has 0 spiro atoms. The lowest BCUT2D eigenvalue weighted by molar-refractivity contribution is -0.122. The molecule has 43 heavy (non-hydrogen) atoms. The first kappa shape index (κ1) is 33.5. The predicted molar refractivity (Wildman–Crippen MR) is 168 cm³/mol. The van der Waals surface area contributed by atoms with Crippen molar-refractivity contribution in [2.75, 3.05) is 29.6 Å². The Morgan fingerprint density at radius 3 is 2.51 bits per heavy atom. The number of alkyl halides is 2. The van der Waals surface area contributed by atoms with Gasteiger partial charge in [0.2, 0.25) is 11.8 Å². The number of amides is 2. The molecule has 2 heterocycles. The summed E-state index contributed by atoms with van der Waals surface area (Å²) in [6.07, 6.45) is 3.79. The van der Waals surface area contributed by atoms with Gasteiger partial charge in [-0.15, -0.1) is 11.8 Å². The van der Waals surface area contributed by atoms with Crippen molar-refractivity contribution in [3.63, 3.8) is 0 Å². The standard InChI is InChI=1S/C27H26F2N4OS.C5H12N2O/c1-18-23(20-9-7-19(16-30)8-10-20)17-32-25-24(18)26(34)33(21-5-3-6-22(15-21)35-2)14-12-27(28,29)11-4-13-31-25;1-3-5(2,7)4(6)8/h3,5-10,15,17H,4,11-14H2,1-2H3,(H,31,32);3,7H2,1-2H3,(H2,6,8).